The van der Waals surface area contributed by atoms with E-state index >= 15 is 0 Å². The molecule has 8 nitrogen and oxygen atoms in total. The van der Waals surface area contributed by atoms with Gasteiger partial charge in [-0.25, -0.2) is 0 Å². The molecule has 0 radical (unpaired) electrons. The van der Waals surface area contributed by atoms with Gasteiger partial charge >= 0.3 is 0 Å². The van der Waals surface area contributed by atoms with E-state index in [2.05, 4.69) is 9.88 Å². The van der Waals surface area contributed by atoms with E-state index in [1.165, 1.54) is 24.1 Å². The molecule has 1 fully saturated rings. The number of likely N-dealkylation sites (N-methyl/N-ethyl adjacent to an activating group) is 1. The van der Waals surface area contributed by atoms with Crippen LogP contribution in [0.25, 0.3) is 17.0 Å². The number of amides is 2. The van der Waals surface area contributed by atoms with E-state index in [0.717, 1.165) is 27.7 Å². The number of hydrogen-bond donors (Lipinski definition) is 1. The van der Waals surface area contributed by atoms with Crippen molar-refractivity contribution in [3.05, 3.63) is 81.0 Å². The lowest BCUT2D eigenvalue weighted by Gasteiger charge is -2.25. The number of fused-ring (bicyclic) bond motifs is 1. The lowest BCUT2D eigenvalue weighted by molar-refractivity contribution is -0.384. The monoisotopic (exact) mass is 434 g/mol. The molecule has 9 heteroatoms. The number of rotatable bonds is 4. The van der Waals surface area contributed by atoms with Gasteiger partial charge in [0.25, 0.3) is 17.5 Å². The van der Waals surface area contributed by atoms with E-state index in [1.807, 2.05) is 31.2 Å². The first-order valence-corrected chi connectivity index (χ1v) is 9.85. The van der Waals surface area contributed by atoms with Gasteiger partial charge < -0.3 is 4.57 Å². The van der Waals surface area contributed by atoms with Crippen LogP contribution in [-0.4, -0.2) is 38.4 Å². The van der Waals surface area contributed by atoms with Crippen LogP contribution in [0, 0.1) is 17.0 Å². The smallest absolute Gasteiger partial charge is 0.269 e. The maximum absolute atomic E-state index is 12.6. The second-order valence-corrected chi connectivity index (χ2v) is 7.59. The van der Waals surface area contributed by atoms with Crippen molar-refractivity contribution < 1.29 is 14.5 Å². The fraction of sp³-hybridized carbons (Fsp3) is 0.136. The second-order valence-electron chi connectivity index (χ2n) is 7.21. The van der Waals surface area contributed by atoms with E-state index in [0.29, 0.717) is 6.54 Å². The lowest BCUT2D eigenvalue weighted by atomic mass is 10.1. The van der Waals surface area contributed by atoms with Crippen LogP contribution in [0.15, 0.2) is 54.1 Å². The largest absolute Gasteiger partial charge is 0.340 e. The summed E-state index contributed by atoms with van der Waals surface area (Å²) in [6.07, 6.45) is 1.60. The first-order chi connectivity index (χ1) is 14.8. The number of nitrogens with zero attached hydrogens (tertiary/aromatic N) is 3. The molecule has 3 aromatic rings. The van der Waals surface area contributed by atoms with Gasteiger partial charge in [-0.15, -0.1) is 0 Å². The van der Waals surface area contributed by atoms with Crippen molar-refractivity contribution in [2.45, 2.75) is 13.5 Å². The van der Waals surface area contributed by atoms with E-state index < -0.39 is 16.7 Å². The van der Waals surface area contributed by atoms with Crippen LogP contribution in [0.3, 0.4) is 0 Å². The van der Waals surface area contributed by atoms with Crippen molar-refractivity contribution in [2.75, 3.05) is 7.05 Å². The average Bonchev–Trinajstić information content (AvgIpc) is 3.01. The number of aromatic nitrogens is 1. The highest BCUT2D eigenvalue weighted by Crippen LogP contribution is 2.29. The number of benzene rings is 2. The lowest BCUT2D eigenvalue weighted by Crippen LogP contribution is -2.52. The Morgan fingerprint density at radius 2 is 1.81 bits per heavy atom. The number of carbonyl (C=O) groups is 2. The normalized spacial score (nSPS) is 15.6. The molecule has 2 aromatic carbocycles. The average molecular weight is 434 g/mol. The second kappa shape index (κ2) is 7.77. The number of thiocarbonyl (C=S) groups is 1. The molecular weight excluding hydrogens is 416 g/mol. The highest BCUT2D eigenvalue weighted by Gasteiger charge is 2.31. The molecule has 0 bridgehead atoms. The topological polar surface area (TPSA) is 97.5 Å². The van der Waals surface area contributed by atoms with Crippen LogP contribution in [0.1, 0.15) is 16.8 Å². The third-order valence-corrected chi connectivity index (χ3v) is 5.74. The van der Waals surface area contributed by atoms with Gasteiger partial charge in [-0.3, -0.25) is 29.9 Å². The molecule has 4 rings (SSSR count). The maximum atomic E-state index is 12.6. The van der Waals surface area contributed by atoms with Crippen molar-refractivity contribution in [1.29, 1.82) is 0 Å². The standard InChI is InChI=1S/C22H18N4O4S/c1-13-17(11-18-20(27)23-22(31)24(2)21(18)28)16-5-3-4-6-19(16)25(13)12-14-7-9-15(10-8-14)26(29)30/h3-11H,12H2,1-2H3,(H,23,27,31)/b18-11+. The van der Waals surface area contributed by atoms with Crippen LogP contribution in [0.2, 0.25) is 0 Å². The zero-order chi connectivity index (χ0) is 22.3. The summed E-state index contributed by atoms with van der Waals surface area (Å²) in [5.74, 6) is -0.986. The Balaban J connectivity index is 1.80. The zero-order valence-electron chi connectivity index (χ0n) is 16.8. The van der Waals surface area contributed by atoms with Gasteiger partial charge in [-0.2, -0.15) is 0 Å². The number of carbonyl (C=O) groups excluding carboxylic acids is 2. The minimum absolute atomic E-state index is 0.0115. The van der Waals surface area contributed by atoms with Crippen LogP contribution < -0.4 is 5.32 Å². The molecule has 31 heavy (non-hydrogen) atoms. The molecular formula is C22H18N4O4S. The summed E-state index contributed by atoms with van der Waals surface area (Å²) in [4.78, 5) is 36.8. The van der Waals surface area contributed by atoms with Gasteiger partial charge in [0, 0.05) is 47.9 Å². The van der Waals surface area contributed by atoms with Gasteiger partial charge in [-0.1, -0.05) is 30.3 Å². The van der Waals surface area contributed by atoms with Gasteiger partial charge in [0.05, 0.1) is 4.92 Å². The molecule has 1 aliphatic rings. The molecule has 156 valence electrons. The van der Waals surface area contributed by atoms with E-state index in [9.17, 15) is 19.7 Å². The Bertz CT molecular complexity index is 1290. The number of nitro groups is 1. The van der Waals surface area contributed by atoms with E-state index in [4.69, 9.17) is 12.2 Å². The summed E-state index contributed by atoms with van der Waals surface area (Å²) in [6, 6.07) is 14.1. The molecule has 0 spiro atoms. The minimum atomic E-state index is -0.528. The van der Waals surface area contributed by atoms with Gasteiger partial charge in [0.15, 0.2) is 5.11 Å². The third kappa shape index (κ3) is 3.59. The van der Waals surface area contributed by atoms with Gasteiger partial charge in [0.1, 0.15) is 5.57 Å². The third-order valence-electron chi connectivity index (χ3n) is 5.36. The molecule has 1 aromatic heterocycles. The molecule has 2 heterocycles. The molecule has 1 N–H and O–H groups in total. The zero-order valence-corrected chi connectivity index (χ0v) is 17.6. The Morgan fingerprint density at radius 1 is 1.13 bits per heavy atom. The Kier molecular flexibility index (Phi) is 5.12. The van der Waals surface area contributed by atoms with Crippen LogP contribution >= 0.6 is 12.2 Å². The first-order valence-electron chi connectivity index (χ1n) is 9.44. The minimum Gasteiger partial charge on any atom is -0.340 e. The SMILES string of the molecule is Cc1c(/C=C2\C(=O)NC(=S)N(C)C2=O)c2ccccc2n1Cc1ccc([N+](=O)[O-])cc1. The molecule has 0 unspecified atom stereocenters. The number of para-hydroxylation sites is 1. The van der Waals surface area contributed by atoms with Crippen molar-refractivity contribution in [2.24, 2.45) is 0 Å². The molecule has 1 saturated heterocycles. The quantitative estimate of drug-likeness (QED) is 0.224. The maximum Gasteiger partial charge on any atom is 0.269 e. The fourth-order valence-electron chi connectivity index (χ4n) is 3.64. The number of nitrogens with one attached hydrogen (secondary N) is 1. The van der Waals surface area contributed by atoms with E-state index in [1.54, 1.807) is 18.2 Å². The Morgan fingerprint density at radius 3 is 2.48 bits per heavy atom. The van der Waals surface area contributed by atoms with Crippen LogP contribution in [-0.2, 0) is 16.1 Å². The van der Waals surface area contributed by atoms with Crippen molar-refractivity contribution >= 4 is 51.8 Å². The summed E-state index contributed by atoms with van der Waals surface area (Å²) < 4.78 is 2.06. The predicted octanol–water partition coefficient (Wildman–Crippen LogP) is 3.16. The van der Waals surface area contributed by atoms with Gasteiger partial charge in [-0.05, 0) is 36.8 Å². The molecule has 1 aliphatic heterocycles. The fourth-order valence-corrected chi connectivity index (χ4v) is 3.81. The van der Waals surface area contributed by atoms with Gasteiger partial charge in [0.2, 0.25) is 0 Å². The molecule has 0 aliphatic carbocycles. The van der Waals surface area contributed by atoms with Crippen LogP contribution in [0.5, 0.6) is 0 Å². The summed E-state index contributed by atoms with van der Waals surface area (Å²) in [7, 11) is 1.52. The molecule has 2 amide bonds. The van der Waals surface area contributed by atoms with Crippen molar-refractivity contribution in [3.8, 4) is 0 Å². The number of non-ortho nitro benzene ring substituents is 1. The first kappa shape index (κ1) is 20.4. The van der Waals surface area contributed by atoms with Crippen molar-refractivity contribution in [3.63, 3.8) is 0 Å². The van der Waals surface area contributed by atoms with Crippen molar-refractivity contribution in [1.82, 2.24) is 14.8 Å². The van der Waals surface area contributed by atoms with E-state index in [-0.39, 0.29) is 16.4 Å². The molecule has 0 atom stereocenters. The summed E-state index contributed by atoms with van der Waals surface area (Å²) in [6.45, 7) is 2.40. The summed E-state index contributed by atoms with van der Waals surface area (Å²) in [5, 5.41) is 14.4. The predicted molar refractivity (Wildman–Crippen MR) is 120 cm³/mol. The Hall–Kier alpha value is -3.85. The number of hydrogen-bond acceptors (Lipinski definition) is 5. The summed E-state index contributed by atoms with van der Waals surface area (Å²) >= 11 is 5.00. The van der Waals surface area contributed by atoms with Crippen LogP contribution in [0.4, 0.5) is 5.69 Å². The molecule has 0 saturated carbocycles. The summed E-state index contributed by atoms with van der Waals surface area (Å²) in [5.41, 5.74) is 3.49. The highest BCUT2D eigenvalue weighted by molar-refractivity contribution is 7.80. The highest BCUT2D eigenvalue weighted by atomic mass is 32.1. The Labute approximate surface area is 182 Å². The number of nitro benzene ring substituents is 1.